The summed E-state index contributed by atoms with van der Waals surface area (Å²) in [6.45, 7) is 2.12. The predicted molar refractivity (Wildman–Crippen MR) is 124 cm³/mol. The van der Waals surface area contributed by atoms with Gasteiger partial charge in [-0.25, -0.2) is 13.2 Å². The average Bonchev–Trinajstić information content (AvgIpc) is 3.32. The Morgan fingerprint density at radius 2 is 1.68 bits per heavy atom. The van der Waals surface area contributed by atoms with E-state index in [1.807, 2.05) is 19.1 Å². The quantitative estimate of drug-likeness (QED) is 0.353. The van der Waals surface area contributed by atoms with Crippen molar-refractivity contribution in [2.24, 2.45) is 0 Å². The van der Waals surface area contributed by atoms with Crippen LogP contribution in [-0.4, -0.2) is 31.1 Å². The van der Waals surface area contributed by atoms with E-state index >= 15 is 0 Å². The van der Waals surface area contributed by atoms with Crippen LogP contribution in [0, 0.1) is 0 Å². The fraction of sp³-hybridized carbons (Fsp3) is 0.125. The first-order valence-electron chi connectivity index (χ1n) is 10.4. The van der Waals surface area contributed by atoms with E-state index in [-0.39, 0.29) is 23.0 Å². The molecule has 0 saturated carbocycles. The first kappa shape index (κ1) is 23.0. The van der Waals surface area contributed by atoms with Crippen LogP contribution in [-0.2, 0) is 21.4 Å². The lowest BCUT2D eigenvalue weighted by Gasteiger charge is -2.08. The highest BCUT2D eigenvalue weighted by atomic mass is 32.2. The average molecular weight is 480 g/mol. The smallest absolute Gasteiger partial charge is 0.338 e. The molecule has 9 nitrogen and oxygen atoms in total. The van der Waals surface area contributed by atoms with Crippen molar-refractivity contribution < 1.29 is 27.2 Å². The van der Waals surface area contributed by atoms with Crippen molar-refractivity contribution in [1.82, 2.24) is 10.1 Å². The number of anilines is 1. The summed E-state index contributed by atoms with van der Waals surface area (Å²) in [6, 6.07) is 21.2. The number of hydrogen-bond donors (Lipinski definition) is 1. The van der Waals surface area contributed by atoms with E-state index in [2.05, 4.69) is 14.9 Å². The largest absolute Gasteiger partial charge is 0.493 e. The van der Waals surface area contributed by atoms with Crippen LogP contribution in [0.1, 0.15) is 23.2 Å². The Morgan fingerprint density at radius 3 is 2.41 bits per heavy atom. The van der Waals surface area contributed by atoms with Crippen LogP contribution in [0.2, 0.25) is 0 Å². The van der Waals surface area contributed by atoms with Crippen LogP contribution in [0.15, 0.2) is 88.3 Å². The second-order valence-electron chi connectivity index (χ2n) is 7.01. The lowest BCUT2D eigenvalue weighted by Crippen LogP contribution is -2.13. The molecular formula is C24H21N3O6S. The molecule has 0 saturated heterocycles. The monoisotopic (exact) mass is 479 g/mol. The van der Waals surface area contributed by atoms with Crippen LogP contribution in [0.4, 0.5) is 5.69 Å². The molecule has 0 radical (unpaired) electrons. The molecule has 0 fully saturated rings. The molecule has 4 aromatic rings. The number of rotatable bonds is 9. The number of esters is 1. The molecule has 4 rings (SSSR count). The number of carbonyl (C=O) groups is 1. The minimum absolute atomic E-state index is 0.0161. The third-order valence-corrected chi connectivity index (χ3v) is 6.05. The molecule has 174 valence electrons. The maximum absolute atomic E-state index is 12.5. The van der Waals surface area contributed by atoms with Gasteiger partial charge in [0.2, 0.25) is 5.82 Å². The normalized spacial score (nSPS) is 11.1. The standard InChI is InChI=1S/C24H21N3O6S/c1-2-31-21-11-7-6-10-20(21)23-25-22(33-26-23)16-32-24(28)17-12-14-19(15-13-17)34(29,30)27-18-8-4-3-5-9-18/h3-15,27H,2,16H2,1H3. The summed E-state index contributed by atoms with van der Waals surface area (Å²) in [7, 11) is -3.79. The van der Waals surface area contributed by atoms with Crippen molar-refractivity contribution in [3.63, 3.8) is 0 Å². The molecule has 0 aliphatic heterocycles. The van der Waals surface area contributed by atoms with Crippen molar-refractivity contribution in [3.05, 3.63) is 90.3 Å². The second kappa shape index (κ2) is 10.2. The van der Waals surface area contributed by atoms with Crippen molar-refractivity contribution in [3.8, 4) is 17.1 Å². The van der Waals surface area contributed by atoms with Crippen LogP contribution >= 0.6 is 0 Å². The number of ether oxygens (including phenoxy) is 2. The van der Waals surface area contributed by atoms with Crippen LogP contribution in [0.3, 0.4) is 0 Å². The molecule has 0 aliphatic rings. The van der Waals surface area contributed by atoms with Crippen LogP contribution in [0.25, 0.3) is 11.4 Å². The third kappa shape index (κ3) is 5.41. The number of aromatic nitrogens is 2. The van der Waals surface area contributed by atoms with E-state index in [0.717, 1.165) is 0 Å². The Balaban J connectivity index is 1.39. The molecule has 0 unspecified atom stereocenters. The maximum Gasteiger partial charge on any atom is 0.338 e. The molecule has 0 atom stereocenters. The van der Waals surface area contributed by atoms with E-state index in [0.29, 0.717) is 29.4 Å². The third-order valence-electron chi connectivity index (χ3n) is 4.65. The van der Waals surface area contributed by atoms with E-state index < -0.39 is 16.0 Å². The van der Waals surface area contributed by atoms with Gasteiger partial charge in [-0.05, 0) is 55.5 Å². The SMILES string of the molecule is CCOc1ccccc1-c1noc(COC(=O)c2ccc(S(=O)(=O)Nc3ccccc3)cc2)n1. The minimum Gasteiger partial charge on any atom is -0.493 e. The Bertz CT molecular complexity index is 1370. The second-order valence-corrected chi connectivity index (χ2v) is 8.70. The number of benzene rings is 3. The first-order chi connectivity index (χ1) is 16.5. The Labute approximate surface area is 196 Å². The molecule has 34 heavy (non-hydrogen) atoms. The highest BCUT2D eigenvalue weighted by Gasteiger charge is 2.17. The summed E-state index contributed by atoms with van der Waals surface area (Å²) in [6.07, 6.45) is 0. The molecule has 1 aromatic heterocycles. The van der Waals surface area contributed by atoms with E-state index in [1.165, 1.54) is 24.3 Å². The van der Waals surface area contributed by atoms with Crippen molar-refractivity contribution >= 4 is 21.7 Å². The number of nitrogens with zero attached hydrogens (tertiary/aromatic N) is 2. The Hall–Kier alpha value is -4.18. The van der Waals surface area contributed by atoms with Crippen LogP contribution in [0.5, 0.6) is 5.75 Å². The van der Waals surface area contributed by atoms with Gasteiger partial charge in [0.15, 0.2) is 6.61 Å². The van der Waals surface area contributed by atoms with Gasteiger partial charge in [0, 0.05) is 5.69 Å². The number of nitrogens with one attached hydrogen (secondary N) is 1. The molecule has 0 aliphatic carbocycles. The molecule has 1 N–H and O–H groups in total. The van der Waals surface area contributed by atoms with Crippen molar-refractivity contribution in [2.75, 3.05) is 11.3 Å². The molecule has 0 amide bonds. The number of para-hydroxylation sites is 2. The summed E-state index contributed by atoms with van der Waals surface area (Å²) in [5, 5.41) is 3.92. The zero-order valence-corrected chi connectivity index (χ0v) is 19.0. The van der Waals surface area contributed by atoms with Crippen molar-refractivity contribution in [1.29, 1.82) is 0 Å². The molecule has 0 spiro atoms. The highest BCUT2D eigenvalue weighted by Crippen LogP contribution is 2.27. The van der Waals surface area contributed by atoms with Gasteiger partial charge in [-0.3, -0.25) is 4.72 Å². The lowest BCUT2D eigenvalue weighted by atomic mass is 10.2. The summed E-state index contributed by atoms with van der Waals surface area (Å²) in [5.41, 5.74) is 1.28. The molecule has 0 bridgehead atoms. The number of sulfonamides is 1. The van der Waals surface area contributed by atoms with E-state index in [1.54, 1.807) is 42.5 Å². The summed E-state index contributed by atoms with van der Waals surface area (Å²) >= 11 is 0. The van der Waals surface area contributed by atoms with Gasteiger partial charge >= 0.3 is 5.97 Å². The zero-order valence-electron chi connectivity index (χ0n) is 18.2. The number of hydrogen-bond acceptors (Lipinski definition) is 8. The molecule has 10 heteroatoms. The Kier molecular flexibility index (Phi) is 6.88. The first-order valence-corrected chi connectivity index (χ1v) is 11.8. The van der Waals surface area contributed by atoms with Gasteiger partial charge in [-0.2, -0.15) is 4.98 Å². The number of carbonyl (C=O) groups excluding carboxylic acids is 1. The minimum atomic E-state index is -3.79. The maximum atomic E-state index is 12.5. The molecule has 3 aromatic carbocycles. The van der Waals surface area contributed by atoms with Gasteiger partial charge < -0.3 is 14.0 Å². The van der Waals surface area contributed by atoms with Gasteiger partial charge in [0.1, 0.15) is 5.75 Å². The van der Waals surface area contributed by atoms with Gasteiger partial charge in [0.25, 0.3) is 15.9 Å². The Morgan fingerprint density at radius 1 is 0.971 bits per heavy atom. The van der Waals surface area contributed by atoms with Crippen molar-refractivity contribution in [2.45, 2.75) is 18.4 Å². The van der Waals surface area contributed by atoms with Gasteiger partial charge in [-0.1, -0.05) is 35.5 Å². The lowest BCUT2D eigenvalue weighted by molar-refractivity contribution is 0.0429. The highest BCUT2D eigenvalue weighted by molar-refractivity contribution is 7.92. The fourth-order valence-corrected chi connectivity index (χ4v) is 4.12. The molecule has 1 heterocycles. The molecular weight excluding hydrogens is 458 g/mol. The van der Waals surface area contributed by atoms with E-state index in [9.17, 15) is 13.2 Å². The van der Waals surface area contributed by atoms with E-state index in [4.69, 9.17) is 14.0 Å². The fourth-order valence-electron chi connectivity index (χ4n) is 3.06. The zero-order chi connectivity index (χ0) is 24.0. The predicted octanol–water partition coefficient (Wildman–Crippen LogP) is 4.29. The topological polar surface area (TPSA) is 121 Å². The van der Waals surface area contributed by atoms with Gasteiger partial charge in [0.05, 0.1) is 22.6 Å². The summed E-state index contributed by atoms with van der Waals surface area (Å²) in [4.78, 5) is 16.7. The summed E-state index contributed by atoms with van der Waals surface area (Å²) < 4.78 is 43.5. The van der Waals surface area contributed by atoms with Crippen LogP contribution < -0.4 is 9.46 Å². The summed E-state index contributed by atoms with van der Waals surface area (Å²) in [5.74, 6) is 0.386. The van der Waals surface area contributed by atoms with Gasteiger partial charge in [-0.15, -0.1) is 0 Å².